The van der Waals surface area contributed by atoms with Crippen molar-refractivity contribution < 1.29 is 4.42 Å². The Morgan fingerprint density at radius 3 is 2.94 bits per heavy atom. The first kappa shape index (κ1) is 8.70. The van der Waals surface area contributed by atoms with Gasteiger partial charge in [-0.05, 0) is 18.2 Å². The summed E-state index contributed by atoms with van der Waals surface area (Å²) in [5.41, 5.74) is 3.48. The molecular weight excluding hydrogens is 212 g/mol. The summed E-state index contributed by atoms with van der Waals surface area (Å²) >= 11 is 0. The molecule has 0 saturated carbocycles. The number of nitrogens with zero attached hydrogens (tertiary/aromatic N) is 2. The molecule has 0 aliphatic heterocycles. The van der Waals surface area contributed by atoms with Gasteiger partial charge in [-0.2, -0.15) is 0 Å². The molecule has 4 rings (SSSR count). The lowest BCUT2D eigenvalue weighted by Gasteiger charge is -1.95. The SMILES string of the molecule is c1ccc2nc3c(cc2c1)oc1cnccc13. The van der Waals surface area contributed by atoms with E-state index < -0.39 is 0 Å². The van der Waals surface area contributed by atoms with Crippen LogP contribution in [0.3, 0.4) is 0 Å². The Hall–Kier alpha value is -2.42. The van der Waals surface area contributed by atoms with Crippen molar-refractivity contribution in [3.05, 3.63) is 48.8 Å². The zero-order valence-electron chi connectivity index (χ0n) is 8.92. The number of aromatic nitrogens is 2. The summed E-state index contributed by atoms with van der Waals surface area (Å²) < 4.78 is 5.74. The number of hydrogen-bond donors (Lipinski definition) is 0. The van der Waals surface area contributed by atoms with Crippen LogP contribution in [0.25, 0.3) is 33.0 Å². The van der Waals surface area contributed by atoms with Gasteiger partial charge in [-0.15, -0.1) is 0 Å². The Balaban J connectivity index is 2.28. The van der Waals surface area contributed by atoms with Crippen LogP contribution in [0.15, 0.2) is 53.2 Å². The van der Waals surface area contributed by atoms with E-state index in [9.17, 15) is 0 Å². The molecule has 1 aromatic carbocycles. The summed E-state index contributed by atoms with van der Waals surface area (Å²) in [6.07, 6.45) is 3.48. The average molecular weight is 220 g/mol. The molecule has 0 aliphatic rings. The maximum absolute atomic E-state index is 5.74. The number of rotatable bonds is 0. The minimum absolute atomic E-state index is 0.783. The molecule has 3 nitrogen and oxygen atoms in total. The highest BCUT2D eigenvalue weighted by atomic mass is 16.3. The first-order valence-corrected chi connectivity index (χ1v) is 5.44. The number of hydrogen-bond acceptors (Lipinski definition) is 3. The quantitative estimate of drug-likeness (QED) is 0.455. The average Bonchev–Trinajstić information content (AvgIpc) is 2.73. The van der Waals surface area contributed by atoms with Crippen LogP contribution in [-0.2, 0) is 0 Å². The van der Waals surface area contributed by atoms with Crippen LogP contribution in [0.2, 0.25) is 0 Å². The molecule has 0 radical (unpaired) electrons. The maximum atomic E-state index is 5.74. The predicted octanol–water partition coefficient (Wildman–Crippen LogP) is 3.53. The minimum Gasteiger partial charge on any atom is -0.453 e. The normalized spacial score (nSPS) is 11.5. The lowest BCUT2D eigenvalue weighted by Crippen LogP contribution is -1.78. The van der Waals surface area contributed by atoms with Crippen LogP contribution in [0, 0.1) is 0 Å². The van der Waals surface area contributed by atoms with E-state index in [1.807, 2.05) is 36.4 Å². The van der Waals surface area contributed by atoms with E-state index >= 15 is 0 Å². The fraction of sp³-hybridized carbons (Fsp3) is 0. The van der Waals surface area contributed by atoms with E-state index in [0.29, 0.717) is 0 Å². The van der Waals surface area contributed by atoms with E-state index in [0.717, 1.165) is 33.0 Å². The smallest absolute Gasteiger partial charge is 0.155 e. The maximum Gasteiger partial charge on any atom is 0.155 e. The second kappa shape index (κ2) is 3.04. The van der Waals surface area contributed by atoms with Gasteiger partial charge in [-0.1, -0.05) is 18.2 Å². The molecule has 4 aromatic rings. The first-order valence-electron chi connectivity index (χ1n) is 5.44. The van der Waals surface area contributed by atoms with Gasteiger partial charge in [-0.3, -0.25) is 4.98 Å². The minimum atomic E-state index is 0.783. The summed E-state index contributed by atoms with van der Waals surface area (Å²) in [5, 5.41) is 2.10. The number of fused-ring (bicyclic) bond motifs is 4. The monoisotopic (exact) mass is 220 g/mol. The molecule has 3 heterocycles. The Kier molecular flexibility index (Phi) is 1.56. The molecule has 0 saturated heterocycles. The summed E-state index contributed by atoms with van der Waals surface area (Å²) in [4.78, 5) is 8.70. The zero-order valence-corrected chi connectivity index (χ0v) is 8.92. The standard InChI is InChI=1S/C14H8N2O/c1-2-4-11-9(3-1)7-12-14(16-11)10-5-6-15-8-13(10)17-12/h1-8H. The largest absolute Gasteiger partial charge is 0.453 e. The molecule has 0 unspecified atom stereocenters. The molecule has 80 valence electrons. The second-order valence-electron chi connectivity index (χ2n) is 4.00. The van der Waals surface area contributed by atoms with Crippen LogP contribution < -0.4 is 0 Å². The van der Waals surface area contributed by atoms with Crippen molar-refractivity contribution in [1.29, 1.82) is 0 Å². The lowest BCUT2D eigenvalue weighted by molar-refractivity contribution is 0.667. The Morgan fingerprint density at radius 1 is 1.00 bits per heavy atom. The third-order valence-corrected chi connectivity index (χ3v) is 2.95. The fourth-order valence-corrected chi connectivity index (χ4v) is 2.14. The Morgan fingerprint density at radius 2 is 1.94 bits per heavy atom. The molecule has 0 N–H and O–H groups in total. The van der Waals surface area contributed by atoms with E-state index in [-0.39, 0.29) is 0 Å². The third-order valence-electron chi connectivity index (χ3n) is 2.95. The molecule has 0 fully saturated rings. The topological polar surface area (TPSA) is 38.9 Å². The van der Waals surface area contributed by atoms with Gasteiger partial charge < -0.3 is 4.42 Å². The van der Waals surface area contributed by atoms with Gasteiger partial charge >= 0.3 is 0 Å². The Bertz CT molecular complexity index is 842. The van der Waals surface area contributed by atoms with Crippen molar-refractivity contribution in [1.82, 2.24) is 9.97 Å². The van der Waals surface area contributed by atoms with Crippen molar-refractivity contribution in [2.24, 2.45) is 0 Å². The molecule has 17 heavy (non-hydrogen) atoms. The number of benzene rings is 1. The van der Waals surface area contributed by atoms with Crippen LogP contribution in [0.5, 0.6) is 0 Å². The second-order valence-corrected chi connectivity index (χ2v) is 4.00. The van der Waals surface area contributed by atoms with E-state index in [1.165, 1.54) is 0 Å². The molecule has 3 aromatic heterocycles. The van der Waals surface area contributed by atoms with Crippen LogP contribution in [-0.4, -0.2) is 9.97 Å². The van der Waals surface area contributed by atoms with Crippen molar-refractivity contribution >= 4 is 33.0 Å². The van der Waals surface area contributed by atoms with Gasteiger partial charge in [0.25, 0.3) is 0 Å². The van der Waals surface area contributed by atoms with Gasteiger partial charge in [-0.25, -0.2) is 4.98 Å². The Labute approximate surface area is 96.7 Å². The number of para-hydroxylation sites is 1. The van der Waals surface area contributed by atoms with E-state index in [4.69, 9.17) is 4.42 Å². The van der Waals surface area contributed by atoms with Gasteiger partial charge in [0, 0.05) is 17.0 Å². The lowest BCUT2D eigenvalue weighted by atomic mass is 10.2. The van der Waals surface area contributed by atoms with Gasteiger partial charge in [0.05, 0.1) is 11.7 Å². The highest BCUT2D eigenvalue weighted by Gasteiger charge is 2.08. The van der Waals surface area contributed by atoms with Gasteiger partial charge in [0.15, 0.2) is 11.2 Å². The van der Waals surface area contributed by atoms with Gasteiger partial charge in [0.1, 0.15) is 5.52 Å². The van der Waals surface area contributed by atoms with Crippen LogP contribution in [0.4, 0.5) is 0 Å². The van der Waals surface area contributed by atoms with Gasteiger partial charge in [0.2, 0.25) is 0 Å². The summed E-state index contributed by atoms with van der Waals surface area (Å²) in [7, 11) is 0. The molecule has 0 spiro atoms. The molecule has 3 heteroatoms. The molecule has 0 bridgehead atoms. The molecular formula is C14H8N2O. The highest BCUT2D eigenvalue weighted by Crippen LogP contribution is 2.28. The van der Waals surface area contributed by atoms with Crippen molar-refractivity contribution in [3.8, 4) is 0 Å². The molecule has 0 atom stereocenters. The summed E-state index contributed by atoms with van der Waals surface area (Å²) in [6.45, 7) is 0. The van der Waals surface area contributed by atoms with Crippen molar-refractivity contribution in [2.75, 3.05) is 0 Å². The predicted molar refractivity (Wildman–Crippen MR) is 66.8 cm³/mol. The third kappa shape index (κ3) is 1.16. The number of furan rings is 1. The first-order chi connectivity index (χ1) is 8.42. The fourth-order valence-electron chi connectivity index (χ4n) is 2.14. The van der Waals surface area contributed by atoms with Crippen molar-refractivity contribution in [3.63, 3.8) is 0 Å². The van der Waals surface area contributed by atoms with Crippen LogP contribution in [0.1, 0.15) is 0 Å². The number of pyridine rings is 2. The summed E-state index contributed by atoms with van der Waals surface area (Å²) in [5.74, 6) is 0. The highest BCUT2D eigenvalue weighted by molar-refractivity contribution is 6.05. The van der Waals surface area contributed by atoms with E-state index in [1.54, 1.807) is 12.4 Å². The van der Waals surface area contributed by atoms with E-state index in [2.05, 4.69) is 9.97 Å². The molecule has 0 amide bonds. The van der Waals surface area contributed by atoms with Crippen LogP contribution >= 0.6 is 0 Å². The summed E-state index contributed by atoms with van der Waals surface area (Å²) in [6, 6.07) is 12.0. The zero-order chi connectivity index (χ0) is 11.2. The molecule has 0 aliphatic carbocycles. The van der Waals surface area contributed by atoms with Crippen molar-refractivity contribution in [2.45, 2.75) is 0 Å².